The van der Waals surface area contributed by atoms with E-state index >= 15 is 0 Å². The lowest BCUT2D eigenvalue weighted by Gasteiger charge is -2.43. The van der Waals surface area contributed by atoms with E-state index in [1.54, 1.807) is 21.8 Å². The van der Waals surface area contributed by atoms with Gasteiger partial charge < -0.3 is 19.5 Å². The lowest BCUT2D eigenvalue weighted by atomic mass is 9.90. The van der Waals surface area contributed by atoms with Crippen LogP contribution in [0.4, 0.5) is 0 Å². The molecule has 9 heteroatoms. The van der Waals surface area contributed by atoms with Gasteiger partial charge in [-0.3, -0.25) is 14.3 Å². The fourth-order valence-corrected chi connectivity index (χ4v) is 3.42. The van der Waals surface area contributed by atoms with Crippen molar-refractivity contribution in [3.8, 4) is 11.3 Å². The van der Waals surface area contributed by atoms with Gasteiger partial charge >= 0.3 is 0 Å². The van der Waals surface area contributed by atoms with Crippen LogP contribution in [0.3, 0.4) is 0 Å². The second-order valence-electron chi connectivity index (χ2n) is 6.88. The topological polar surface area (TPSA) is 102 Å². The maximum atomic E-state index is 12.7. The summed E-state index contributed by atoms with van der Waals surface area (Å²) in [6, 6.07) is 1.66. The second-order valence-corrected chi connectivity index (χ2v) is 6.88. The molecule has 4 rings (SSSR count). The van der Waals surface area contributed by atoms with Crippen LogP contribution in [0.2, 0.25) is 0 Å². The summed E-state index contributed by atoms with van der Waals surface area (Å²) in [5, 5.41) is 11.0. The van der Waals surface area contributed by atoms with E-state index in [1.165, 1.54) is 0 Å². The van der Waals surface area contributed by atoms with Crippen LogP contribution in [0.1, 0.15) is 29.0 Å². The number of rotatable bonds is 2. The highest BCUT2D eigenvalue weighted by atomic mass is 16.5. The highest BCUT2D eigenvalue weighted by Gasteiger charge is 2.40. The van der Waals surface area contributed by atoms with Gasteiger partial charge in [-0.15, -0.1) is 0 Å². The zero-order valence-corrected chi connectivity index (χ0v) is 14.8. The fraction of sp³-hybridized carbons (Fsp3) is 0.529. The number of piperidine rings is 1. The van der Waals surface area contributed by atoms with Crippen LogP contribution in [-0.4, -0.2) is 63.5 Å². The number of amides is 2. The van der Waals surface area contributed by atoms with Crippen LogP contribution >= 0.6 is 0 Å². The Kier molecular flexibility index (Phi) is 4.03. The SMILES string of the molecule is Cc1c(-c2cc(C(=O)N3CCC4(CC3)CNC(=O)CO4)no2)cnn1C. The summed E-state index contributed by atoms with van der Waals surface area (Å²) in [4.78, 5) is 25.7. The summed E-state index contributed by atoms with van der Waals surface area (Å²) < 4.78 is 12.8. The van der Waals surface area contributed by atoms with Gasteiger partial charge in [0.2, 0.25) is 5.91 Å². The number of carbonyl (C=O) groups excluding carboxylic acids is 2. The minimum atomic E-state index is -0.355. The summed E-state index contributed by atoms with van der Waals surface area (Å²) in [6.45, 7) is 3.64. The highest BCUT2D eigenvalue weighted by Crippen LogP contribution is 2.29. The van der Waals surface area contributed by atoms with Crippen molar-refractivity contribution in [1.82, 2.24) is 25.2 Å². The van der Waals surface area contributed by atoms with E-state index in [9.17, 15) is 9.59 Å². The Balaban J connectivity index is 1.43. The van der Waals surface area contributed by atoms with Crippen molar-refractivity contribution < 1.29 is 18.8 Å². The van der Waals surface area contributed by atoms with Crippen molar-refractivity contribution in [3.63, 3.8) is 0 Å². The summed E-state index contributed by atoms with van der Waals surface area (Å²) in [5.41, 5.74) is 1.70. The molecular weight excluding hydrogens is 338 g/mol. The average molecular weight is 359 g/mol. The van der Waals surface area contributed by atoms with Crippen molar-refractivity contribution in [3.05, 3.63) is 23.7 Å². The number of aryl methyl sites for hydroxylation is 1. The van der Waals surface area contributed by atoms with Crippen LogP contribution in [0.25, 0.3) is 11.3 Å². The zero-order valence-electron chi connectivity index (χ0n) is 14.8. The number of nitrogens with one attached hydrogen (secondary N) is 1. The number of carbonyl (C=O) groups is 2. The average Bonchev–Trinajstić information content (AvgIpc) is 3.26. The summed E-state index contributed by atoms with van der Waals surface area (Å²) >= 11 is 0. The normalized spacial score (nSPS) is 19.6. The predicted octanol–water partition coefficient (Wildman–Crippen LogP) is 0.505. The molecule has 4 heterocycles. The summed E-state index contributed by atoms with van der Waals surface area (Å²) in [5.74, 6) is 0.289. The minimum Gasteiger partial charge on any atom is -0.363 e. The summed E-state index contributed by atoms with van der Waals surface area (Å²) in [6.07, 6.45) is 3.07. The molecule has 2 aliphatic heterocycles. The van der Waals surface area contributed by atoms with E-state index in [4.69, 9.17) is 9.26 Å². The van der Waals surface area contributed by atoms with Crippen molar-refractivity contribution in [2.75, 3.05) is 26.2 Å². The number of hydrogen-bond acceptors (Lipinski definition) is 6. The fourth-order valence-electron chi connectivity index (χ4n) is 3.42. The maximum absolute atomic E-state index is 12.7. The Hall–Kier alpha value is -2.68. The van der Waals surface area contributed by atoms with Gasteiger partial charge in [-0.25, -0.2) is 0 Å². The van der Waals surface area contributed by atoms with Gasteiger partial charge in [0.15, 0.2) is 11.5 Å². The molecule has 26 heavy (non-hydrogen) atoms. The number of aromatic nitrogens is 3. The van der Waals surface area contributed by atoms with E-state index in [0.29, 0.717) is 38.2 Å². The second kappa shape index (κ2) is 6.24. The number of morpholine rings is 1. The minimum absolute atomic E-state index is 0.0880. The smallest absolute Gasteiger partial charge is 0.276 e. The Labute approximate surface area is 150 Å². The first-order valence-corrected chi connectivity index (χ1v) is 8.63. The van der Waals surface area contributed by atoms with Crippen molar-refractivity contribution in [1.29, 1.82) is 0 Å². The van der Waals surface area contributed by atoms with E-state index in [1.807, 2.05) is 14.0 Å². The standard InChI is InChI=1S/C17H21N5O4/c1-11-12(8-19-21(11)2)14-7-13(20-26-14)16(24)22-5-3-17(4-6-22)10-18-15(23)9-25-17/h7-8H,3-6,9-10H2,1-2H3,(H,18,23). The van der Waals surface area contributed by atoms with Gasteiger partial charge in [0, 0.05) is 38.4 Å². The van der Waals surface area contributed by atoms with Crippen molar-refractivity contribution >= 4 is 11.8 Å². The molecule has 0 saturated carbocycles. The number of nitrogens with zero attached hydrogens (tertiary/aromatic N) is 4. The monoisotopic (exact) mass is 359 g/mol. The van der Waals surface area contributed by atoms with Crippen LogP contribution in [0.15, 0.2) is 16.8 Å². The molecule has 2 fully saturated rings. The van der Waals surface area contributed by atoms with Crippen molar-refractivity contribution in [2.45, 2.75) is 25.4 Å². The molecule has 0 aromatic carbocycles. The lowest BCUT2D eigenvalue weighted by molar-refractivity contribution is -0.149. The Morgan fingerprint density at radius 3 is 2.73 bits per heavy atom. The maximum Gasteiger partial charge on any atom is 0.276 e. The molecule has 2 saturated heterocycles. The van der Waals surface area contributed by atoms with E-state index in [-0.39, 0.29) is 29.7 Å². The molecule has 1 N–H and O–H groups in total. The van der Waals surface area contributed by atoms with Gasteiger partial charge in [-0.05, 0) is 19.8 Å². The largest absolute Gasteiger partial charge is 0.363 e. The number of ether oxygens (including phenoxy) is 1. The predicted molar refractivity (Wildman–Crippen MR) is 90.3 cm³/mol. The van der Waals surface area contributed by atoms with Crippen LogP contribution in [-0.2, 0) is 16.6 Å². The molecule has 0 unspecified atom stereocenters. The first-order valence-electron chi connectivity index (χ1n) is 8.63. The zero-order chi connectivity index (χ0) is 18.3. The molecule has 0 radical (unpaired) electrons. The first kappa shape index (κ1) is 16.8. The van der Waals surface area contributed by atoms with Crippen LogP contribution in [0, 0.1) is 6.92 Å². The van der Waals surface area contributed by atoms with Gasteiger partial charge in [-0.2, -0.15) is 5.10 Å². The van der Waals surface area contributed by atoms with E-state index in [0.717, 1.165) is 11.3 Å². The lowest BCUT2D eigenvalue weighted by Crippen LogP contribution is -2.58. The highest BCUT2D eigenvalue weighted by molar-refractivity contribution is 5.93. The van der Waals surface area contributed by atoms with Gasteiger partial charge in [0.1, 0.15) is 6.61 Å². The van der Waals surface area contributed by atoms with Gasteiger partial charge in [-0.1, -0.05) is 5.16 Å². The third kappa shape index (κ3) is 2.88. The molecule has 0 atom stereocenters. The number of likely N-dealkylation sites (tertiary alicyclic amines) is 1. The molecule has 2 aromatic heterocycles. The molecule has 2 aromatic rings. The quantitative estimate of drug-likeness (QED) is 0.838. The van der Waals surface area contributed by atoms with Crippen molar-refractivity contribution in [2.24, 2.45) is 7.05 Å². The van der Waals surface area contributed by atoms with Crippen LogP contribution < -0.4 is 5.32 Å². The third-order valence-corrected chi connectivity index (χ3v) is 5.31. The Morgan fingerprint density at radius 2 is 2.12 bits per heavy atom. The summed E-state index contributed by atoms with van der Waals surface area (Å²) in [7, 11) is 1.85. The van der Waals surface area contributed by atoms with Gasteiger partial charge in [0.25, 0.3) is 5.91 Å². The third-order valence-electron chi connectivity index (χ3n) is 5.31. The van der Waals surface area contributed by atoms with E-state index < -0.39 is 0 Å². The molecule has 2 aliphatic rings. The number of hydrogen-bond donors (Lipinski definition) is 1. The molecule has 2 amide bonds. The van der Waals surface area contributed by atoms with Gasteiger partial charge in [0.05, 0.1) is 17.4 Å². The molecule has 1 spiro atoms. The molecule has 0 aliphatic carbocycles. The van der Waals surface area contributed by atoms with Crippen LogP contribution in [0.5, 0.6) is 0 Å². The Morgan fingerprint density at radius 1 is 1.35 bits per heavy atom. The molecular formula is C17H21N5O4. The molecule has 138 valence electrons. The molecule has 0 bridgehead atoms. The molecule has 9 nitrogen and oxygen atoms in total. The van der Waals surface area contributed by atoms with E-state index in [2.05, 4.69) is 15.6 Å². The first-order chi connectivity index (χ1) is 12.5. The Bertz CT molecular complexity index is 835.